The summed E-state index contributed by atoms with van der Waals surface area (Å²) in [5, 5.41) is 17.9. The second kappa shape index (κ2) is 11.4. The second-order valence-corrected chi connectivity index (χ2v) is 8.15. The van der Waals surface area contributed by atoms with E-state index in [1.165, 1.54) is 41.1 Å². The molecule has 0 atom stereocenters. The monoisotopic (exact) mass is 539 g/mol. The number of anilines is 2. The van der Waals surface area contributed by atoms with Crippen molar-refractivity contribution in [3.05, 3.63) is 71.1 Å². The molecule has 0 fully saturated rings. The molecule has 0 aliphatic heterocycles. The van der Waals surface area contributed by atoms with Crippen molar-refractivity contribution in [2.45, 2.75) is 6.42 Å². The summed E-state index contributed by atoms with van der Waals surface area (Å²) >= 11 is 6.32. The summed E-state index contributed by atoms with van der Waals surface area (Å²) in [5.41, 5.74) is 6.78. The van der Waals surface area contributed by atoms with Gasteiger partial charge < -0.3 is 26.9 Å². The predicted octanol–water partition coefficient (Wildman–Crippen LogP) is 3.32. The fourth-order valence-corrected chi connectivity index (χ4v) is 3.80. The van der Waals surface area contributed by atoms with Crippen molar-refractivity contribution in [2.24, 2.45) is 16.7 Å². The number of carbonyl (C=O) groups is 1. The lowest BCUT2D eigenvalue weighted by Gasteiger charge is -2.11. The van der Waals surface area contributed by atoms with Crippen molar-refractivity contribution in [2.75, 3.05) is 18.5 Å². The summed E-state index contributed by atoms with van der Waals surface area (Å²) in [6.07, 6.45) is 4.66. The number of amidine groups is 1. The molecule has 1 amide bonds. The van der Waals surface area contributed by atoms with E-state index >= 15 is 0 Å². The van der Waals surface area contributed by atoms with Crippen LogP contribution in [0.3, 0.4) is 0 Å². The van der Waals surface area contributed by atoms with Crippen molar-refractivity contribution in [3.8, 4) is 23.1 Å². The highest BCUT2D eigenvalue weighted by Gasteiger charge is 2.20. The summed E-state index contributed by atoms with van der Waals surface area (Å²) in [5.74, 6) is 2.45. The van der Waals surface area contributed by atoms with Gasteiger partial charge in [0, 0.05) is 36.6 Å². The normalized spacial score (nSPS) is 11.3. The molecule has 2 heterocycles. The van der Waals surface area contributed by atoms with Gasteiger partial charge >= 0.3 is 0 Å². The average molecular weight is 540 g/mol. The number of rotatable bonds is 9. The molecule has 4 rings (SSSR count). The Morgan fingerprint density at radius 3 is 2.79 bits per heavy atom. The van der Waals surface area contributed by atoms with E-state index in [2.05, 4.69) is 25.7 Å². The second-order valence-electron chi connectivity index (χ2n) is 7.74. The zero-order valence-corrected chi connectivity index (χ0v) is 20.3. The Labute approximate surface area is 219 Å². The number of hydrogen-bond acceptors (Lipinski definition) is 8. The molecular weight excluding hydrogens is 520 g/mol. The first kappa shape index (κ1) is 26.1. The van der Waals surface area contributed by atoms with Crippen molar-refractivity contribution >= 4 is 40.5 Å². The summed E-state index contributed by atoms with van der Waals surface area (Å²) < 4.78 is 35.7. The maximum absolute atomic E-state index is 14.8. The first-order valence-electron chi connectivity index (χ1n) is 11.0. The fraction of sp³-hybridized carbons (Fsp3) is 0.125. The number of hydrogen-bond donors (Lipinski definition) is 4. The number of nitrogens with zero attached hydrogens (tertiary/aromatic N) is 5. The number of nitrogens with one attached hydrogen (secondary N) is 2. The molecule has 4 aromatic rings. The van der Waals surface area contributed by atoms with E-state index in [4.69, 9.17) is 33.2 Å². The van der Waals surface area contributed by atoms with E-state index in [-0.39, 0.29) is 46.4 Å². The molecule has 2 aromatic heterocycles. The number of hydrazone groups is 1. The van der Waals surface area contributed by atoms with Crippen LogP contribution in [0.2, 0.25) is 5.02 Å². The van der Waals surface area contributed by atoms with Gasteiger partial charge in [-0.1, -0.05) is 11.6 Å². The van der Waals surface area contributed by atoms with Crippen molar-refractivity contribution < 1.29 is 18.3 Å². The highest BCUT2D eigenvalue weighted by atomic mass is 35.5. The Hall–Kier alpha value is -4.96. The number of benzene rings is 2. The molecule has 38 heavy (non-hydrogen) atoms. The summed E-state index contributed by atoms with van der Waals surface area (Å²) in [7, 11) is 0. The van der Waals surface area contributed by atoms with Crippen LogP contribution in [-0.4, -0.2) is 39.3 Å². The van der Waals surface area contributed by atoms with E-state index in [1.807, 2.05) is 0 Å². The van der Waals surface area contributed by atoms with Crippen LogP contribution in [0, 0.1) is 23.0 Å². The first-order valence-corrected chi connectivity index (χ1v) is 11.4. The number of fused-ring (bicyclic) bond motifs is 1. The number of amides is 1. The molecule has 0 saturated carbocycles. The summed E-state index contributed by atoms with van der Waals surface area (Å²) in [4.78, 5) is 21.0. The Kier molecular flexibility index (Phi) is 7.83. The van der Waals surface area contributed by atoms with Crippen LogP contribution >= 0.6 is 11.6 Å². The minimum atomic E-state index is -1.21. The Balaban J connectivity index is 1.57. The average Bonchev–Trinajstić information content (AvgIpc) is 3.34. The molecule has 0 aliphatic rings. The van der Waals surface area contributed by atoms with Crippen molar-refractivity contribution in [1.82, 2.24) is 19.7 Å². The van der Waals surface area contributed by atoms with Gasteiger partial charge in [0.25, 0.3) is 5.91 Å². The molecule has 11 nitrogen and oxygen atoms in total. The molecule has 6 N–H and O–H groups in total. The van der Waals surface area contributed by atoms with Gasteiger partial charge in [0.05, 0.1) is 22.5 Å². The number of imidazole rings is 1. The van der Waals surface area contributed by atoms with E-state index in [1.54, 1.807) is 18.3 Å². The molecule has 0 bridgehead atoms. The molecule has 0 aliphatic carbocycles. The zero-order valence-electron chi connectivity index (χ0n) is 19.6. The number of aromatic nitrogens is 3. The Morgan fingerprint density at radius 2 is 2.05 bits per heavy atom. The summed E-state index contributed by atoms with van der Waals surface area (Å²) in [6, 6.07) is 8.98. The predicted molar refractivity (Wildman–Crippen MR) is 137 cm³/mol. The minimum absolute atomic E-state index is 0.0608. The smallest absolute Gasteiger partial charge is 0.252 e. The molecule has 0 saturated heterocycles. The Bertz CT molecular complexity index is 1580. The number of halogens is 3. The lowest BCUT2D eigenvalue weighted by Crippen LogP contribution is -2.28. The summed E-state index contributed by atoms with van der Waals surface area (Å²) in [6.45, 7) is -0.184. The first-order chi connectivity index (χ1) is 18.3. The van der Waals surface area contributed by atoms with Crippen molar-refractivity contribution in [3.63, 3.8) is 0 Å². The lowest BCUT2D eigenvalue weighted by molar-refractivity contribution is 0.0955. The van der Waals surface area contributed by atoms with Gasteiger partial charge in [0.2, 0.25) is 5.82 Å². The van der Waals surface area contributed by atoms with E-state index < -0.39 is 24.1 Å². The zero-order chi connectivity index (χ0) is 27.2. The van der Waals surface area contributed by atoms with Gasteiger partial charge in [-0.05, 0) is 30.3 Å². The molecular formula is C24H20ClF2N9O2. The van der Waals surface area contributed by atoms with Gasteiger partial charge in [-0.25, -0.2) is 14.4 Å². The number of nitriles is 1. The number of nitrogens with two attached hydrogens (primary N) is 2. The van der Waals surface area contributed by atoms with E-state index in [0.29, 0.717) is 17.2 Å². The van der Waals surface area contributed by atoms with Crippen molar-refractivity contribution in [1.29, 1.82) is 5.26 Å². The lowest BCUT2D eigenvalue weighted by atomic mass is 10.1. The van der Waals surface area contributed by atoms with Gasteiger partial charge in [0.15, 0.2) is 29.6 Å². The Morgan fingerprint density at radius 1 is 1.24 bits per heavy atom. The maximum Gasteiger partial charge on any atom is 0.252 e. The number of carbonyl (C=O) groups excluding carboxylic acids is 1. The van der Waals surface area contributed by atoms with Crippen LogP contribution in [0.25, 0.3) is 16.9 Å². The van der Waals surface area contributed by atoms with E-state index in [9.17, 15) is 13.6 Å². The van der Waals surface area contributed by atoms with Crippen LogP contribution in [-0.2, 0) is 0 Å². The van der Waals surface area contributed by atoms with Gasteiger partial charge in [-0.3, -0.25) is 9.20 Å². The van der Waals surface area contributed by atoms with Gasteiger partial charge in [0.1, 0.15) is 11.9 Å². The van der Waals surface area contributed by atoms with Gasteiger partial charge in [-0.15, -0.1) is 0 Å². The molecule has 194 valence electrons. The SMILES string of the molecule is N#CCOc1ccc(-c2cnc3c(Nc4ccc(C(=O)NCCC(N)=NN)c(Cl)c4)nccn23)c(F)c1F. The highest BCUT2D eigenvalue weighted by Crippen LogP contribution is 2.32. The quantitative estimate of drug-likeness (QED) is 0.109. The largest absolute Gasteiger partial charge is 0.476 e. The topological polar surface area (TPSA) is 169 Å². The van der Waals surface area contributed by atoms with Crippen LogP contribution in [0.4, 0.5) is 20.3 Å². The van der Waals surface area contributed by atoms with Gasteiger partial charge in [-0.2, -0.15) is 14.8 Å². The third kappa shape index (κ3) is 5.40. The molecule has 0 radical (unpaired) electrons. The van der Waals surface area contributed by atoms with Crippen LogP contribution in [0.5, 0.6) is 5.75 Å². The van der Waals surface area contributed by atoms with E-state index in [0.717, 1.165) is 0 Å². The molecule has 2 aromatic carbocycles. The third-order valence-electron chi connectivity index (χ3n) is 5.35. The molecule has 14 heteroatoms. The van der Waals surface area contributed by atoms with Crippen LogP contribution < -0.4 is 26.9 Å². The minimum Gasteiger partial charge on any atom is -0.476 e. The highest BCUT2D eigenvalue weighted by molar-refractivity contribution is 6.34. The molecule has 0 spiro atoms. The third-order valence-corrected chi connectivity index (χ3v) is 5.66. The van der Waals surface area contributed by atoms with Crippen LogP contribution in [0.15, 0.2) is 54.0 Å². The molecule has 0 unspecified atom stereocenters. The maximum atomic E-state index is 14.8. The van der Waals surface area contributed by atoms with Crippen LogP contribution in [0.1, 0.15) is 16.8 Å². The standard InChI is InChI=1S/C24H20ClF2N9O2/c25-16-11-13(1-2-14(16)24(37)32-7-5-19(29)35-30)34-22-23-33-12-17(36(23)9-8-31-22)15-3-4-18(38-10-6-28)21(27)20(15)26/h1-4,8-9,11-12H,5,7,10,30H2,(H2,29,35)(H,31,34)(H,32,37). The number of ether oxygens (including phenoxy) is 1. The fourth-order valence-electron chi connectivity index (χ4n) is 3.54.